The van der Waals surface area contributed by atoms with Gasteiger partial charge in [0.25, 0.3) is 21.8 Å². The number of nitrogens with one attached hydrogen (secondary N) is 2. The van der Waals surface area contributed by atoms with Crippen LogP contribution in [0.1, 0.15) is 27.9 Å². The van der Waals surface area contributed by atoms with Crippen LogP contribution in [0.15, 0.2) is 115 Å². The highest BCUT2D eigenvalue weighted by atomic mass is 35.5. The van der Waals surface area contributed by atoms with Crippen molar-refractivity contribution >= 4 is 56.8 Å². The van der Waals surface area contributed by atoms with Gasteiger partial charge < -0.3 is 9.88 Å². The van der Waals surface area contributed by atoms with Crippen molar-refractivity contribution in [3.63, 3.8) is 0 Å². The van der Waals surface area contributed by atoms with Crippen LogP contribution in [0, 0.1) is 11.6 Å². The third-order valence-electron chi connectivity index (χ3n) is 7.50. The summed E-state index contributed by atoms with van der Waals surface area (Å²) in [5.74, 6) is -1.90. The van der Waals surface area contributed by atoms with E-state index in [1.807, 2.05) is 16.9 Å². The van der Waals surface area contributed by atoms with Gasteiger partial charge in [0.05, 0.1) is 11.2 Å². The molecule has 0 saturated heterocycles. The number of hydrogen-bond acceptors (Lipinski definition) is 6. The van der Waals surface area contributed by atoms with Crippen molar-refractivity contribution in [2.24, 2.45) is 0 Å². The minimum Gasteiger partial charge on any atom is -0.340 e. The lowest BCUT2D eigenvalue weighted by molar-refractivity contribution is -0.121. The predicted molar refractivity (Wildman–Crippen MR) is 189 cm³/mol. The minimum absolute atomic E-state index is 0.150. The van der Waals surface area contributed by atoms with Gasteiger partial charge in [-0.3, -0.25) is 9.59 Å². The molecule has 0 spiro atoms. The number of amides is 2. The fourth-order valence-corrected chi connectivity index (χ4v) is 6.61. The molecule has 0 fully saturated rings. The van der Waals surface area contributed by atoms with Crippen LogP contribution in [-0.4, -0.2) is 47.8 Å². The number of carbonyl (C=O) groups excluding carboxylic acids is 2. The standard InChI is InChI=1S/C36H31ClF2N4O4S2/c1-48-19-16-34(36(45)42-49(46,47)31-13-7-28(37)8-14-31)41-35(44)32-15-2-24(21-33(32)26-5-11-30(39)12-6-26)20-27(22-43-18-17-40-23-43)25-3-9-29(38)10-4-25/h2-15,17-18,20-21,23,34H,16,19,22H2,1H3,(H,41,44)(H,42,45). The van der Waals surface area contributed by atoms with E-state index in [0.29, 0.717) is 34.0 Å². The SMILES string of the molecule is CSCCC(NC(=O)c1ccc(C=C(Cn2ccnc2)c2ccc(F)cc2)cc1-c1ccc(F)cc1)C(=O)NS(=O)(=O)c1ccc(Cl)cc1. The van der Waals surface area contributed by atoms with Crippen LogP contribution >= 0.6 is 23.4 Å². The summed E-state index contributed by atoms with van der Waals surface area (Å²) in [6, 6.07) is 20.9. The van der Waals surface area contributed by atoms with Crippen LogP contribution in [-0.2, 0) is 21.4 Å². The van der Waals surface area contributed by atoms with Crippen LogP contribution in [0.4, 0.5) is 8.78 Å². The Kier molecular flexibility index (Phi) is 11.7. The quantitative estimate of drug-likeness (QED) is 0.126. The van der Waals surface area contributed by atoms with E-state index >= 15 is 0 Å². The lowest BCUT2D eigenvalue weighted by atomic mass is 9.94. The van der Waals surface area contributed by atoms with Gasteiger partial charge in [0.2, 0.25) is 0 Å². The number of benzene rings is 4. The van der Waals surface area contributed by atoms with Gasteiger partial charge in [-0.05, 0) is 113 Å². The highest BCUT2D eigenvalue weighted by Crippen LogP contribution is 2.29. The van der Waals surface area contributed by atoms with E-state index in [1.165, 1.54) is 72.4 Å². The lowest BCUT2D eigenvalue weighted by Crippen LogP contribution is -2.48. The fourth-order valence-electron chi connectivity index (χ4n) is 5.00. The average molecular weight is 721 g/mol. The molecule has 5 rings (SSSR count). The number of imidazole rings is 1. The second kappa shape index (κ2) is 16.1. The van der Waals surface area contributed by atoms with Gasteiger partial charge in [-0.1, -0.05) is 41.9 Å². The number of nitrogens with zero attached hydrogens (tertiary/aromatic N) is 2. The second-order valence-corrected chi connectivity index (χ2v) is 14.1. The summed E-state index contributed by atoms with van der Waals surface area (Å²) in [6.45, 7) is 0.422. The third kappa shape index (κ3) is 9.44. The number of sulfonamides is 1. The second-order valence-electron chi connectivity index (χ2n) is 11.0. The van der Waals surface area contributed by atoms with E-state index < -0.39 is 33.7 Å². The zero-order valence-electron chi connectivity index (χ0n) is 26.1. The Balaban J connectivity index is 1.49. The molecule has 1 unspecified atom stereocenters. The first-order valence-corrected chi connectivity index (χ1v) is 18.2. The molecule has 0 radical (unpaired) electrons. The first-order chi connectivity index (χ1) is 23.5. The Labute approximate surface area is 292 Å². The summed E-state index contributed by atoms with van der Waals surface area (Å²) < 4.78 is 57.5. The maximum Gasteiger partial charge on any atom is 0.264 e. The van der Waals surface area contributed by atoms with E-state index in [9.17, 15) is 26.8 Å². The fraction of sp³-hybridized carbons (Fsp3) is 0.139. The maximum absolute atomic E-state index is 13.9. The predicted octanol–water partition coefficient (Wildman–Crippen LogP) is 7.08. The Morgan fingerprint density at radius 3 is 2.27 bits per heavy atom. The minimum atomic E-state index is -4.25. The molecule has 2 N–H and O–H groups in total. The summed E-state index contributed by atoms with van der Waals surface area (Å²) in [7, 11) is -4.25. The van der Waals surface area contributed by atoms with E-state index in [2.05, 4.69) is 15.0 Å². The van der Waals surface area contributed by atoms with Gasteiger partial charge in [-0.15, -0.1) is 0 Å². The number of aromatic nitrogens is 2. The zero-order chi connectivity index (χ0) is 35.0. The topological polar surface area (TPSA) is 110 Å². The molecule has 0 saturated carbocycles. The van der Waals surface area contributed by atoms with Crippen LogP contribution in [0.2, 0.25) is 5.02 Å². The smallest absolute Gasteiger partial charge is 0.264 e. The Morgan fingerprint density at radius 2 is 1.63 bits per heavy atom. The number of carbonyl (C=O) groups is 2. The number of hydrogen-bond donors (Lipinski definition) is 2. The van der Waals surface area contributed by atoms with Crippen LogP contribution in [0.5, 0.6) is 0 Å². The molecule has 1 heterocycles. The van der Waals surface area contributed by atoms with Crippen LogP contribution in [0.3, 0.4) is 0 Å². The van der Waals surface area contributed by atoms with Crippen molar-refractivity contribution in [2.45, 2.75) is 23.9 Å². The van der Waals surface area contributed by atoms with Gasteiger partial charge >= 0.3 is 0 Å². The maximum atomic E-state index is 13.9. The molecule has 0 aliphatic carbocycles. The molecule has 5 aromatic rings. The normalized spacial score (nSPS) is 12.4. The van der Waals surface area contributed by atoms with Crippen molar-refractivity contribution in [1.29, 1.82) is 0 Å². The zero-order valence-corrected chi connectivity index (χ0v) is 28.5. The highest BCUT2D eigenvalue weighted by molar-refractivity contribution is 7.98. The van der Waals surface area contributed by atoms with E-state index in [-0.39, 0.29) is 22.7 Å². The van der Waals surface area contributed by atoms with Crippen molar-refractivity contribution in [3.05, 3.63) is 143 Å². The number of rotatable bonds is 13. The van der Waals surface area contributed by atoms with Gasteiger partial charge in [-0.25, -0.2) is 26.9 Å². The molecule has 0 bridgehead atoms. The molecule has 4 aromatic carbocycles. The summed E-state index contributed by atoms with van der Waals surface area (Å²) >= 11 is 7.31. The summed E-state index contributed by atoms with van der Waals surface area (Å²) in [5, 5.41) is 3.04. The Morgan fingerprint density at radius 1 is 0.959 bits per heavy atom. The molecular formula is C36H31ClF2N4O4S2. The summed E-state index contributed by atoms with van der Waals surface area (Å²) in [6.07, 6.45) is 9.00. The first-order valence-electron chi connectivity index (χ1n) is 15.0. The largest absolute Gasteiger partial charge is 0.340 e. The molecular weight excluding hydrogens is 690 g/mol. The van der Waals surface area contributed by atoms with Gasteiger partial charge in [0.15, 0.2) is 0 Å². The summed E-state index contributed by atoms with van der Waals surface area (Å²) in [5.41, 5.74) is 3.47. The van der Waals surface area contributed by atoms with Crippen LogP contribution in [0.25, 0.3) is 22.8 Å². The van der Waals surface area contributed by atoms with Gasteiger partial charge in [0.1, 0.15) is 17.7 Å². The van der Waals surface area contributed by atoms with Crippen molar-refractivity contribution in [1.82, 2.24) is 19.6 Å². The monoisotopic (exact) mass is 720 g/mol. The molecule has 1 atom stereocenters. The van der Waals surface area contributed by atoms with Crippen LogP contribution < -0.4 is 10.0 Å². The van der Waals surface area contributed by atoms with E-state index in [4.69, 9.17) is 11.6 Å². The molecule has 252 valence electrons. The van der Waals surface area contributed by atoms with E-state index in [0.717, 1.165) is 11.1 Å². The molecule has 1 aromatic heterocycles. The average Bonchev–Trinajstić information content (AvgIpc) is 3.60. The molecule has 49 heavy (non-hydrogen) atoms. The van der Waals surface area contributed by atoms with E-state index in [1.54, 1.807) is 49.1 Å². The number of thioether (sulfide) groups is 1. The van der Waals surface area contributed by atoms with Crippen molar-refractivity contribution in [2.75, 3.05) is 12.0 Å². The number of allylic oxidation sites excluding steroid dienone is 1. The molecule has 2 amide bonds. The Bertz CT molecular complexity index is 2060. The lowest BCUT2D eigenvalue weighted by Gasteiger charge is -2.20. The molecule has 0 aliphatic rings. The van der Waals surface area contributed by atoms with Crippen molar-refractivity contribution in [3.8, 4) is 11.1 Å². The molecule has 8 nitrogen and oxygen atoms in total. The van der Waals surface area contributed by atoms with Gasteiger partial charge in [-0.2, -0.15) is 11.8 Å². The molecule has 0 aliphatic heterocycles. The highest BCUT2D eigenvalue weighted by Gasteiger charge is 2.27. The Hall–Kier alpha value is -4.78. The summed E-state index contributed by atoms with van der Waals surface area (Å²) in [4.78, 5) is 31.1. The number of halogens is 3. The first kappa shape index (κ1) is 35.5. The molecule has 13 heteroatoms. The van der Waals surface area contributed by atoms with Gasteiger partial charge in [0, 0.05) is 29.5 Å². The third-order valence-corrected chi connectivity index (χ3v) is 9.76. The van der Waals surface area contributed by atoms with Crippen molar-refractivity contribution < 1.29 is 26.8 Å².